The summed E-state index contributed by atoms with van der Waals surface area (Å²) in [4.78, 5) is 2.59. The molecule has 1 saturated heterocycles. The second-order valence-corrected chi connectivity index (χ2v) is 7.25. The number of oxime groups is 1. The number of hydrogen-bond donors (Lipinski definition) is 2. The molecule has 118 valence electrons. The molecule has 1 atom stereocenters. The Morgan fingerprint density at radius 1 is 1.35 bits per heavy atom. The number of nitrogens with two attached hydrogens (primary N) is 1. The van der Waals surface area contributed by atoms with Crippen LogP contribution in [0.4, 0.5) is 0 Å². The number of nitrogens with zero attached hydrogens (tertiary/aromatic N) is 2. The third-order valence-corrected chi connectivity index (χ3v) is 4.89. The molecule has 0 bridgehead atoms. The van der Waals surface area contributed by atoms with Gasteiger partial charge in [0.2, 0.25) is 0 Å². The van der Waals surface area contributed by atoms with Crippen LogP contribution in [0.1, 0.15) is 59.8 Å². The Labute approximate surface area is 124 Å². The van der Waals surface area contributed by atoms with Crippen LogP contribution in [0.2, 0.25) is 0 Å². The lowest BCUT2D eigenvalue weighted by molar-refractivity contribution is 0.254. The fourth-order valence-electron chi connectivity index (χ4n) is 3.08. The summed E-state index contributed by atoms with van der Waals surface area (Å²) in [6.07, 6.45) is 6.11. The van der Waals surface area contributed by atoms with Gasteiger partial charge in [-0.1, -0.05) is 32.9 Å². The highest BCUT2D eigenvalue weighted by Gasteiger charge is 2.24. The van der Waals surface area contributed by atoms with Crippen LogP contribution in [0, 0.1) is 17.3 Å². The molecule has 0 aromatic rings. The van der Waals surface area contributed by atoms with Crippen molar-refractivity contribution in [1.82, 2.24) is 4.90 Å². The normalized spacial score (nSPS) is 23.1. The number of amidine groups is 1. The van der Waals surface area contributed by atoms with Crippen LogP contribution < -0.4 is 5.73 Å². The molecule has 20 heavy (non-hydrogen) atoms. The lowest BCUT2D eigenvalue weighted by atomic mass is 9.86. The van der Waals surface area contributed by atoms with Gasteiger partial charge in [-0.25, -0.2) is 0 Å². The average molecular weight is 283 g/mol. The lowest BCUT2D eigenvalue weighted by Gasteiger charge is -2.25. The Morgan fingerprint density at radius 2 is 2.05 bits per heavy atom. The van der Waals surface area contributed by atoms with E-state index in [9.17, 15) is 0 Å². The maximum Gasteiger partial charge on any atom is 0.144 e. The van der Waals surface area contributed by atoms with Gasteiger partial charge in [0.1, 0.15) is 5.84 Å². The zero-order chi connectivity index (χ0) is 15.2. The Kier molecular flexibility index (Phi) is 6.80. The molecule has 0 spiro atoms. The van der Waals surface area contributed by atoms with Crippen molar-refractivity contribution in [3.05, 3.63) is 0 Å². The lowest BCUT2D eigenvalue weighted by Crippen LogP contribution is -2.33. The van der Waals surface area contributed by atoms with Crippen molar-refractivity contribution >= 4 is 5.84 Å². The Hall–Kier alpha value is -0.770. The van der Waals surface area contributed by atoms with Gasteiger partial charge in [-0.15, -0.1) is 0 Å². The summed E-state index contributed by atoms with van der Waals surface area (Å²) in [6.45, 7) is 12.4. The highest BCUT2D eigenvalue weighted by molar-refractivity contribution is 5.85. The molecule has 4 nitrogen and oxygen atoms in total. The van der Waals surface area contributed by atoms with Gasteiger partial charge in [0.15, 0.2) is 0 Å². The van der Waals surface area contributed by atoms with E-state index >= 15 is 0 Å². The first-order valence-electron chi connectivity index (χ1n) is 8.07. The molecule has 0 aliphatic carbocycles. The van der Waals surface area contributed by atoms with E-state index < -0.39 is 0 Å². The summed E-state index contributed by atoms with van der Waals surface area (Å²) >= 11 is 0. The summed E-state index contributed by atoms with van der Waals surface area (Å²) in [5.41, 5.74) is 5.53. The molecule has 1 fully saturated rings. The van der Waals surface area contributed by atoms with Crippen LogP contribution in [-0.2, 0) is 0 Å². The van der Waals surface area contributed by atoms with E-state index in [1.165, 1.54) is 32.4 Å². The molecule has 1 rings (SSSR count). The Bertz CT molecular complexity index is 313. The van der Waals surface area contributed by atoms with Crippen LogP contribution in [0.15, 0.2) is 5.16 Å². The van der Waals surface area contributed by atoms with Gasteiger partial charge in [-0.2, -0.15) is 0 Å². The molecule has 1 heterocycles. The minimum Gasteiger partial charge on any atom is -0.409 e. The maximum atomic E-state index is 8.79. The number of hydrogen-bond acceptors (Lipinski definition) is 3. The molecular formula is C16H33N3O. The van der Waals surface area contributed by atoms with E-state index in [-0.39, 0.29) is 5.41 Å². The van der Waals surface area contributed by atoms with E-state index in [2.05, 4.69) is 23.9 Å². The van der Waals surface area contributed by atoms with Crippen LogP contribution in [0.5, 0.6) is 0 Å². The van der Waals surface area contributed by atoms with Crippen molar-refractivity contribution in [2.75, 3.05) is 19.6 Å². The molecule has 0 aromatic heterocycles. The quantitative estimate of drug-likeness (QED) is 0.340. The van der Waals surface area contributed by atoms with Gasteiger partial charge in [-0.3, -0.25) is 0 Å². The van der Waals surface area contributed by atoms with Gasteiger partial charge in [0.05, 0.1) is 0 Å². The van der Waals surface area contributed by atoms with Crippen molar-refractivity contribution in [1.29, 1.82) is 0 Å². The van der Waals surface area contributed by atoms with E-state index in [4.69, 9.17) is 10.9 Å². The van der Waals surface area contributed by atoms with Crippen LogP contribution >= 0.6 is 0 Å². The average Bonchev–Trinajstić information content (AvgIpc) is 2.63. The molecule has 0 radical (unpaired) electrons. The molecule has 0 saturated carbocycles. The van der Waals surface area contributed by atoms with Crippen molar-refractivity contribution in [2.45, 2.75) is 59.8 Å². The van der Waals surface area contributed by atoms with Gasteiger partial charge in [-0.05, 0) is 63.6 Å². The summed E-state index contributed by atoms with van der Waals surface area (Å²) in [6, 6.07) is 0. The molecule has 1 unspecified atom stereocenters. The van der Waals surface area contributed by atoms with Crippen LogP contribution in [0.3, 0.4) is 0 Å². The summed E-state index contributed by atoms with van der Waals surface area (Å²) < 4.78 is 0. The fraction of sp³-hybridized carbons (Fsp3) is 0.938. The standard InChI is InChI=1S/C16H33N3O/c1-13(2)14-7-5-10-19(12-8-14)11-6-9-16(3,4)15(17)18-20/h13-14,20H,5-12H2,1-4H3,(H2,17,18). The largest absolute Gasteiger partial charge is 0.409 e. The first-order valence-corrected chi connectivity index (χ1v) is 8.07. The van der Waals surface area contributed by atoms with Gasteiger partial charge >= 0.3 is 0 Å². The molecule has 4 heteroatoms. The molecule has 3 N–H and O–H groups in total. The highest BCUT2D eigenvalue weighted by Crippen LogP contribution is 2.26. The molecule has 1 aliphatic heterocycles. The van der Waals surface area contributed by atoms with Crippen molar-refractivity contribution in [2.24, 2.45) is 28.1 Å². The second-order valence-electron chi connectivity index (χ2n) is 7.25. The van der Waals surface area contributed by atoms with Gasteiger partial charge in [0.25, 0.3) is 0 Å². The van der Waals surface area contributed by atoms with Crippen LogP contribution in [-0.4, -0.2) is 35.6 Å². The summed E-state index contributed by atoms with van der Waals surface area (Å²) in [7, 11) is 0. The van der Waals surface area contributed by atoms with Gasteiger partial charge in [0, 0.05) is 5.41 Å². The Balaban J connectivity index is 2.32. The van der Waals surface area contributed by atoms with Crippen molar-refractivity contribution < 1.29 is 5.21 Å². The summed E-state index contributed by atoms with van der Waals surface area (Å²) in [5, 5.41) is 11.9. The van der Waals surface area contributed by atoms with Crippen molar-refractivity contribution in [3.63, 3.8) is 0 Å². The van der Waals surface area contributed by atoms with E-state index in [1.54, 1.807) is 0 Å². The topological polar surface area (TPSA) is 61.8 Å². The van der Waals surface area contributed by atoms with E-state index in [1.807, 2.05) is 13.8 Å². The predicted molar refractivity (Wildman–Crippen MR) is 85.0 cm³/mol. The van der Waals surface area contributed by atoms with Gasteiger partial charge < -0.3 is 15.8 Å². The fourth-order valence-corrected chi connectivity index (χ4v) is 3.08. The maximum absolute atomic E-state index is 8.79. The third-order valence-electron chi connectivity index (χ3n) is 4.89. The first-order chi connectivity index (χ1) is 9.36. The number of likely N-dealkylation sites (tertiary alicyclic amines) is 1. The molecule has 0 aromatic carbocycles. The minimum absolute atomic E-state index is 0.207. The SMILES string of the molecule is CC(C)C1CCCN(CCCC(C)(C)C(N)=NO)CC1. The molecule has 0 amide bonds. The second kappa shape index (κ2) is 7.87. The van der Waals surface area contributed by atoms with E-state index in [0.717, 1.165) is 31.2 Å². The van der Waals surface area contributed by atoms with Crippen LogP contribution in [0.25, 0.3) is 0 Å². The first kappa shape index (κ1) is 17.3. The third kappa shape index (κ3) is 5.31. The molecule has 1 aliphatic rings. The zero-order valence-corrected chi connectivity index (χ0v) is 13.7. The monoisotopic (exact) mass is 283 g/mol. The molecular weight excluding hydrogens is 250 g/mol. The highest BCUT2D eigenvalue weighted by atomic mass is 16.4. The summed E-state index contributed by atoms with van der Waals surface area (Å²) in [5.74, 6) is 2.05. The minimum atomic E-state index is -0.207. The number of rotatable bonds is 6. The predicted octanol–water partition coefficient (Wildman–Crippen LogP) is 3.30. The van der Waals surface area contributed by atoms with Crippen molar-refractivity contribution in [3.8, 4) is 0 Å². The zero-order valence-electron chi connectivity index (χ0n) is 13.7. The Morgan fingerprint density at radius 3 is 2.65 bits per heavy atom. The van der Waals surface area contributed by atoms with E-state index in [0.29, 0.717) is 5.84 Å². The smallest absolute Gasteiger partial charge is 0.144 e.